The molecule has 1 aromatic heterocycles. The predicted molar refractivity (Wildman–Crippen MR) is 85.9 cm³/mol. The lowest BCUT2D eigenvalue weighted by atomic mass is 10.2. The molecule has 0 spiro atoms. The van der Waals surface area contributed by atoms with Gasteiger partial charge in [0.05, 0.1) is 6.54 Å². The van der Waals surface area contributed by atoms with Crippen LogP contribution in [0.4, 0.5) is 18.9 Å². The van der Waals surface area contributed by atoms with Crippen molar-refractivity contribution >= 4 is 11.6 Å². The number of ether oxygens (including phenoxy) is 1. The molecule has 0 atom stereocenters. The number of hydrogen-bond donors (Lipinski definition) is 2. The van der Waals surface area contributed by atoms with E-state index >= 15 is 0 Å². The van der Waals surface area contributed by atoms with E-state index in [-0.39, 0.29) is 18.4 Å². The Balaban J connectivity index is 2.02. The number of aryl methyl sites for hydroxylation is 1. The van der Waals surface area contributed by atoms with Crippen molar-refractivity contribution in [2.24, 2.45) is 10.7 Å². The highest BCUT2D eigenvalue weighted by molar-refractivity contribution is 5.92. The highest BCUT2D eigenvalue weighted by Gasteiger charge is 2.29. The fraction of sp³-hybridized carbons (Fsp3) is 0.250. The van der Waals surface area contributed by atoms with Gasteiger partial charge in [-0.2, -0.15) is 13.2 Å². The number of nitrogens with zero attached hydrogens (tertiary/aromatic N) is 2. The Kier molecular flexibility index (Phi) is 5.62. The van der Waals surface area contributed by atoms with Crippen LogP contribution in [-0.2, 0) is 6.54 Å². The van der Waals surface area contributed by atoms with Crippen molar-refractivity contribution < 1.29 is 17.9 Å². The lowest BCUT2D eigenvalue weighted by Crippen LogP contribution is -2.23. The van der Waals surface area contributed by atoms with Crippen LogP contribution >= 0.6 is 0 Å². The Morgan fingerprint density at radius 1 is 1.29 bits per heavy atom. The Hall–Kier alpha value is -2.77. The van der Waals surface area contributed by atoms with Gasteiger partial charge in [-0.25, -0.2) is 9.98 Å². The summed E-state index contributed by atoms with van der Waals surface area (Å²) in [7, 11) is 0. The molecule has 2 aromatic rings. The number of pyridine rings is 1. The molecule has 1 heterocycles. The van der Waals surface area contributed by atoms with Gasteiger partial charge < -0.3 is 15.8 Å². The van der Waals surface area contributed by atoms with Crippen molar-refractivity contribution in [1.82, 2.24) is 4.98 Å². The summed E-state index contributed by atoms with van der Waals surface area (Å²) >= 11 is 0. The maximum atomic E-state index is 12.3. The van der Waals surface area contributed by atoms with Crippen molar-refractivity contribution in [3.8, 4) is 5.88 Å². The quantitative estimate of drug-likeness (QED) is 0.648. The van der Waals surface area contributed by atoms with Crippen molar-refractivity contribution in [2.75, 3.05) is 11.9 Å². The van der Waals surface area contributed by atoms with E-state index in [1.165, 1.54) is 6.20 Å². The van der Waals surface area contributed by atoms with Crippen LogP contribution in [0.1, 0.15) is 11.1 Å². The van der Waals surface area contributed by atoms with Gasteiger partial charge in [-0.1, -0.05) is 18.2 Å². The number of aliphatic imine (C=N–C) groups is 1. The maximum Gasteiger partial charge on any atom is 0.422 e. The molecule has 24 heavy (non-hydrogen) atoms. The van der Waals surface area contributed by atoms with E-state index in [4.69, 9.17) is 10.5 Å². The van der Waals surface area contributed by atoms with Crippen LogP contribution in [0.2, 0.25) is 0 Å². The van der Waals surface area contributed by atoms with Crippen LogP contribution in [0.3, 0.4) is 0 Å². The van der Waals surface area contributed by atoms with E-state index < -0.39 is 12.8 Å². The van der Waals surface area contributed by atoms with E-state index in [1.54, 1.807) is 12.1 Å². The second-order valence-electron chi connectivity index (χ2n) is 5.07. The first kappa shape index (κ1) is 17.6. The van der Waals surface area contributed by atoms with Gasteiger partial charge in [0.25, 0.3) is 0 Å². The van der Waals surface area contributed by atoms with Gasteiger partial charge in [-0.3, -0.25) is 0 Å². The maximum absolute atomic E-state index is 12.3. The van der Waals surface area contributed by atoms with Gasteiger partial charge in [0.2, 0.25) is 5.88 Å². The Morgan fingerprint density at radius 2 is 2.08 bits per heavy atom. The summed E-state index contributed by atoms with van der Waals surface area (Å²) in [5.41, 5.74) is 8.04. The van der Waals surface area contributed by atoms with Gasteiger partial charge >= 0.3 is 6.18 Å². The summed E-state index contributed by atoms with van der Waals surface area (Å²) in [4.78, 5) is 7.91. The molecule has 0 amide bonds. The Bertz CT molecular complexity index is 716. The number of benzene rings is 1. The number of rotatable bonds is 5. The molecule has 0 aliphatic rings. The number of halogens is 3. The average Bonchev–Trinajstić information content (AvgIpc) is 2.51. The highest BCUT2D eigenvalue weighted by atomic mass is 19.4. The highest BCUT2D eigenvalue weighted by Crippen LogP contribution is 2.20. The van der Waals surface area contributed by atoms with Crippen molar-refractivity contribution in [1.29, 1.82) is 0 Å². The molecule has 0 fully saturated rings. The second-order valence-corrected chi connectivity index (χ2v) is 5.07. The third-order valence-corrected chi connectivity index (χ3v) is 2.93. The summed E-state index contributed by atoms with van der Waals surface area (Å²) in [6, 6.07) is 10.7. The van der Waals surface area contributed by atoms with Gasteiger partial charge in [0, 0.05) is 17.4 Å². The molecule has 0 saturated carbocycles. The first-order valence-electron chi connectivity index (χ1n) is 7.10. The van der Waals surface area contributed by atoms with Crippen LogP contribution in [0.5, 0.6) is 5.88 Å². The first-order chi connectivity index (χ1) is 11.3. The summed E-state index contributed by atoms with van der Waals surface area (Å²) in [5, 5.41) is 2.92. The molecule has 3 N–H and O–H groups in total. The zero-order chi connectivity index (χ0) is 17.6. The SMILES string of the molecule is Cc1cccc(NC(N)=NCc2cccnc2OCC(F)(F)F)c1. The number of hydrogen-bond acceptors (Lipinski definition) is 3. The van der Waals surface area contributed by atoms with Crippen LogP contribution in [-0.4, -0.2) is 23.7 Å². The minimum absolute atomic E-state index is 0.0473. The van der Waals surface area contributed by atoms with E-state index in [9.17, 15) is 13.2 Å². The van der Waals surface area contributed by atoms with Crippen LogP contribution in [0.25, 0.3) is 0 Å². The van der Waals surface area contributed by atoms with Crippen LogP contribution in [0.15, 0.2) is 47.6 Å². The fourth-order valence-electron chi connectivity index (χ4n) is 1.91. The van der Waals surface area contributed by atoms with Crippen LogP contribution in [0, 0.1) is 6.92 Å². The monoisotopic (exact) mass is 338 g/mol. The fourth-order valence-corrected chi connectivity index (χ4v) is 1.91. The molecular formula is C16H17F3N4O. The van der Waals surface area contributed by atoms with Gasteiger partial charge in [0.1, 0.15) is 0 Å². The molecule has 0 radical (unpaired) electrons. The molecule has 8 heteroatoms. The molecule has 0 bridgehead atoms. The molecule has 128 valence electrons. The smallest absolute Gasteiger partial charge is 0.422 e. The van der Waals surface area contributed by atoms with Crippen molar-refractivity contribution in [2.45, 2.75) is 19.6 Å². The third-order valence-electron chi connectivity index (χ3n) is 2.93. The summed E-state index contributed by atoms with van der Waals surface area (Å²) in [6.07, 6.45) is -3.07. The number of anilines is 1. The Morgan fingerprint density at radius 3 is 2.79 bits per heavy atom. The van der Waals surface area contributed by atoms with Gasteiger partial charge in [-0.05, 0) is 30.7 Å². The number of nitrogens with two attached hydrogens (primary N) is 1. The lowest BCUT2D eigenvalue weighted by molar-refractivity contribution is -0.154. The van der Waals surface area contributed by atoms with E-state index in [0.717, 1.165) is 11.3 Å². The topological polar surface area (TPSA) is 72.5 Å². The molecular weight excluding hydrogens is 321 g/mol. The standard InChI is InChI=1S/C16H17F3N4O/c1-11-4-2-6-13(8-11)23-15(20)22-9-12-5-3-7-21-14(12)24-10-16(17,18)19/h2-8H,9-10H2,1H3,(H3,20,22,23). The number of alkyl halides is 3. The van der Waals surface area contributed by atoms with E-state index in [1.807, 2.05) is 31.2 Å². The lowest BCUT2D eigenvalue weighted by Gasteiger charge is -2.11. The number of guanidine groups is 1. The minimum Gasteiger partial charge on any atom is -0.468 e. The van der Waals surface area contributed by atoms with E-state index in [0.29, 0.717) is 5.56 Å². The zero-order valence-electron chi connectivity index (χ0n) is 13.0. The molecule has 0 aliphatic carbocycles. The summed E-state index contributed by atoms with van der Waals surface area (Å²) in [6.45, 7) is 0.585. The molecule has 0 saturated heterocycles. The molecule has 1 aromatic carbocycles. The average molecular weight is 338 g/mol. The number of aromatic nitrogens is 1. The van der Waals surface area contributed by atoms with Gasteiger partial charge in [-0.15, -0.1) is 0 Å². The number of nitrogens with one attached hydrogen (secondary N) is 1. The van der Waals surface area contributed by atoms with Crippen LogP contribution < -0.4 is 15.8 Å². The zero-order valence-corrected chi connectivity index (χ0v) is 13.0. The molecule has 5 nitrogen and oxygen atoms in total. The normalized spacial score (nSPS) is 12.1. The summed E-state index contributed by atoms with van der Waals surface area (Å²) in [5.74, 6) is 0.0353. The Labute approximate surface area is 137 Å². The second kappa shape index (κ2) is 7.67. The van der Waals surface area contributed by atoms with Crippen molar-refractivity contribution in [3.05, 3.63) is 53.7 Å². The largest absolute Gasteiger partial charge is 0.468 e. The predicted octanol–water partition coefficient (Wildman–Crippen LogP) is 3.26. The first-order valence-corrected chi connectivity index (χ1v) is 7.10. The molecule has 2 rings (SSSR count). The van der Waals surface area contributed by atoms with Gasteiger partial charge in [0.15, 0.2) is 12.6 Å². The minimum atomic E-state index is -4.43. The summed E-state index contributed by atoms with van der Waals surface area (Å²) < 4.78 is 41.5. The third kappa shape index (κ3) is 5.79. The van der Waals surface area contributed by atoms with Crippen molar-refractivity contribution in [3.63, 3.8) is 0 Å². The van der Waals surface area contributed by atoms with E-state index in [2.05, 4.69) is 15.3 Å². The molecule has 0 unspecified atom stereocenters. The molecule has 0 aliphatic heterocycles.